The lowest BCUT2D eigenvalue weighted by atomic mass is 10.1. The summed E-state index contributed by atoms with van der Waals surface area (Å²) < 4.78 is 37.1. The second-order valence-corrected chi connectivity index (χ2v) is 8.35. The van der Waals surface area contributed by atoms with E-state index in [-0.39, 0.29) is 6.61 Å². The molecule has 0 saturated carbocycles. The number of methoxy groups -OCH3 is 1. The van der Waals surface area contributed by atoms with Gasteiger partial charge in [0.2, 0.25) is 15.9 Å². The van der Waals surface area contributed by atoms with E-state index in [0.29, 0.717) is 30.0 Å². The molecule has 2 aromatic carbocycles. The molecule has 0 fully saturated rings. The monoisotopic (exact) mass is 442 g/mol. The first-order valence-corrected chi connectivity index (χ1v) is 11.1. The number of rotatable bonds is 11. The number of carbonyl (C=O) groups is 1. The van der Waals surface area contributed by atoms with Crippen LogP contribution in [0.25, 0.3) is 0 Å². The van der Waals surface area contributed by atoms with Gasteiger partial charge in [-0.05, 0) is 36.6 Å². The molecule has 31 heavy (non-hydrogen) atoms. The molecule has 2 rings (SSSR count). The Morgan fingerprint density at radius 1 is 1.23 bits per heavy atom. The van der Waals surface area contributed by atoms with Crippen LogP contribution in [0, 0.1) is 19.3 Å². The predicted octanol–water partition coefficient (Wildman–Crippen LogP) is 2.48. The fourth-order valence-electron chi connectivity index (χ4n) is 2.78. The van der Waals surface area contributed by atoms with Crippen molar-refractivity contribution in [1.82, 2.24) is 10.0 Å². The fraction of sp³-hybridized carbons (Fsp3) is 0.261. The summed E-state index contributed by atoms with van der Waals surface area (Å²) >= 11 is 0. The molecular weight excluding hydrogens is 416 g/mol. The Labute approximate surface area is 183 Å². The molecule has 1 amide bonds. The summed E-state index contributed by atoms with van der Waals surface area (Å²) in [7, 11) is -2.28. The molecule has 7 nitrogen and oxygen atoms in total. The molecule has 0 bridgehead atoms. The third kappa shape index (κ3) is 7.17. The van der Waals surface area contributed by atoms with E-state index in [2.05, 4.69) is 22.5 Å². The number of amides is 1. The highest BCUT2D eigenvalue weighted by Gasteiger charge is 2.24. The fourth-order valence-corrected chi connectivity index (χ4v) is 3.45. The number of aryl methyl sites for hydroxylation is 1. The zero-order valence-corrected chi connectivity index (χ0v) is 18.4. The molecule has 0 radical (unpaired) electrons. The quantitative estimate of drug-likeness (QED) is 0.522. The summed E-state index contributed by atoms with van der Waals surface area (Å²) in [5, 5.41) is 3.55. The van der Waals surface area contributed by atoms with Gasteiger partial charge in [-0.25, -0.2) is 8.42 Å². The lowest BCUT2D eigenvalue weighted by molar-refractivity contribution is -0.122. The third-order valence-electron chi connectivity index (χ3n) is 4.43. The molecule has 0 saturated heterocycles. The van der Waals surface area contributed by atoms with Gasteiger partial charge in [-0.15, -0.1) is 6.42 Å². The van der Waals surface area contributed by atoms with Gasteiger partial charge in [0.05, 0.1) is 7.11 Å². The van der Waals surface area contributed by atoms with Crippen molar-refractivity contribution in [3.63, 3.8) is 0 Å². The maximum absolute atomic E-state index is 12.8. The molecule has 0 spiro atoms. The van der Waals surface area contributed by atoms with Crippen LogP contribution in [0.2, 0.25) is 0 Å². The second-order valence-electron chi connectivity index (χ2n) is 6.69. The van der Waals surface area contributed by atoms with Crippen LogP contribution in [0.3, 0.4) is 0 Å². The van der Waals surface area contributed by atoms with E-state index in [1.165, 1.54) is 7.11 Å². The largest absolute Gasteiger partial charge is 0.493 e. The molecule has 8 heteroatoms. The van der Waals surface area contributed by atoms with Gasteiger partial charge in [0.1, 0.15) is 12.6 Å². The van der Waals surface area contributed by atoms with Crippen LogP contribution >= 0.6 is 0 Å². The zero-order valence-electron chi connectivity index (χ0n) is 17.6. The number of carbonyl (C=O) groups excluding carboxylic acids is 1. The summed E-state index contributed by atoms with van der Waals surface area (Å²) in [6.45, 7) is 5.62. The van der Waals surface area contributed by atoms with Crippen LogP contribution in [-0.2, 0) is 21.2 Å². The van der Waals surface area contributed by atoms with Gasteiger partial charge in [-0.1, -0.05) is 48.4 Å². The maximum atomic E-state index is 12.8. The van der Waals surface area contributed by atoms with E-state index in [1.807, 2.05) is 25.1 Å². The number of hydrogen-bond acceptors (Lipinski definition) is 5. The van der Waals surface area contributed by atoms with E-state index in [1.54, 1.807) is 24.3 Å². The van der Waals surface area contributed by atoms with Gasteiger partial charge in [0, 0.05) is 12.0 Å². The van der Waals surface area contributed by atoms with Crippen molar-refractivity contribution in [3.05, 3.63) is 71.1 Å². The minimum absolute atomic E-state index is 0.132. The lowest BCUT2D eigenvalue weighted by Gasteiger charge is -2.18. The highest BCUT2D eigenvalue weighted by Crippen LogP contribution is 2.28. The second kappa shape index (κ2) is 11.2. The Morgan fingerprint density at radius 3 is 2.55 bits per heavy atom. The first kappa shape index (κ1) is 24.0. The summed E-state index contributed by atoms with van der Waals surface area (Å²) in [6, 6.07) is 11.4. The number of hydrogen-bond donors (Lipinski definition) is 2. The Balaban J connectivity index is 2.07. The van der Waals surface area contributed by atoms with Crippen molar-refractivity contribution in [3.8, 4) is 23.8 Å². The average molecular weight is 443 g/mol. The molecule has 164 valence electrons. The van der Waals surface area contributed by atoms with Crippen molar-refractivity contribution in [2.45, 2.75) is 19.4 Å². The van der Waals surface area contributed by atoms with E-state index in [0.717, 1.165) is 16.5 Å². The first-order valence-electron chi connectivity index (χ1n) is 9.52. The highest BCUT2D eigenvalue weighted by atomic mass is 32.2. The summed E-state index contributed by atoms with van der Waals surface area (Å²) in [6.07, 6.45) is 5.71. The van der Waals surface area contributed by atoms with E-state index in [4.69, 9.17) is 15.9 Å². The van der Waals surface area contributed by atoms with E-state index < -0.39 is 22.0 Å². The van der Waals surface area contributed by atoms with Gasteiger partial charge in [-0.2, -0.15) is 4.72 Å². The molecule has 0 aliphatic heterocycles. The summed E-state index contributed by atoms with van der Waals surface area (Å²) in [5.41, 5.74) is 2.44. The molecule has 0 aliphatic rings. The predicted molar refractivity (Wildman–Crippen MR) is 120 cm³/mol. The van der Waals surface area contributed by atoms with Crippen molar-refractivity contribution in [1.29, 1.82) is 0 Å². The molecule has 1 unspecified atom stereocenters. The van der Waals surface area contributed by atoms with Gasteiger partial charge in [-0.3, -0.25) is 4.79 Å². The van der Waals surface area contributed by atoms with Crippen LogP contribution < -0.4 is 19.5 Å². The van der Waals surface area contributed by atoms with Gasteiger partial charge < -0.3 is 14.8 Å². The smallest absolute Gasteiger partial charge is 0.242 e. The van der Waals surface area contributed by atoms with Crippen LogP contribution in [0.4, 0.5) is 0 Å². The summed E-state index contributed by atoms with van der Waals surface area (Å²) in [4.78, 5) is 12.8. The van der Waals surface area contributed by atoms with Crippen molar-refractivity contribution in [2.24, 2.45) is 0 Å². The van der Waals surface area contributed by atoms with Crippen LogP contribution in [-0.4, -0.2) is 34.6 Å². The zero-order chi connectivity index (χ0) is 22.9. The number of terminal acetylenes is 1. The molecule has 0 heterocycles. The van der Waals surface area contributed by atoms with Crippen molar-refractivity contribution in [2.75, 3.05) is 20.3 Å². The SMILES string of the molecule is C#CCOc1ccc(CCNC(=O)C(NS(=O)(=O)C=C)c2ccc(C)cc2)cc1OC. The minimum atomic E-state index is -3.81. The van der Waals surface area contributed by atoms with Gasteiger partial charge in [0.15, 0.2) is 11.5 Å². The van der Waals surface area contributed by atoms with E-state index in [9.17, 15) is 13.2 Å². The molecular formula is C23H26N2O5S. The van der Waals surface area contributed by atoms with Crippen LogP contribution in [0.1, 0.15) is 22.7 Å². The average Bonchev–Trinajstić information content (AvgIpc) is 2.77. The Bertz CT molecular complexity index is 1060. The number of nitrogens with one attached hydrogen (secondary N) is 2. The minimum Gasteiger partial charge on any atom is -0.493 e. The van der Waals surface area contributed by atoms with Crippen molar-refractivity contribution >= 4 is 15.9 Å². The lowest BCUT2D eigenvalue weighted by Crippen LogP contribution is -2.40. The maximum Gasteiger partial charge on any atom is 0.242 e. The topological polar surface area (TPSA) is 93.7 Å². The van der Waals surface area contributed by atoms with Crippen molar-refractivity contribution < 1.29 is 22.7 Å². The Kier molecular flexibility index (Phi) is 8.67. The van der Waals surface area contributed by atoms with Crippen LogP contribution in [0.15, 0.2) is 54.5 Å². The van der Waals surface area contributed by atoms with Crippen LogP contribution in [0.5, 0.6) is 11.5 Å². The Morgan fingerprint density at radius 2 is 1.94 bits per heavy atom. The molecule has 2 N–H and O–H groups in total. The molecule has 0 aliphatic carbocycles. The molecule has 2 aromatic rings. The highest BCUT2D eigenvalue weighted by molar-refractivity contribution is 7.92. The third-order valence-corrected chi connectivity index (χ3v) is 5.43. The summed E-state index contributed by atoms with van der Waals surface area (Å²) in [5.74, 6) is 3.00. The van der Waals surface area contributed by atoms with Gasteiger partial charge >= 0.3 is 0 Å². The number of ether oxygens (including phenoxy) is 2. The Hall–Kier alpha value is -3.28. The number of benzene rings is 2. The normalized spacial score (nSPS) is 11.8. The standard InChI is InChI=1S/C23H26N2O5S/c1-5-15-30-20-12-9-18(16-21(20)29-4)13-14-24-23(26)22(25-31(27,28)6-2)19-10-7-17(3)8-11-19/h1,6-12,16,22,25H,2,13-15H2,3-4H3,(H,24,26). The number of sulfonamides is 1. The first-order chi connectivity index (χ1) is 14.8. The molecule has 1 atom stereocenters. The van der Waals surface area contributed by atoms with E-state index >= 15 is 0 Å². The van der Waals surface area contributed by atoms with Gasteiger partial charge in [0.25, 0.3) is 0 Å². The molecule has 0 aromatic heterocycles.